The molecule has 0 saturated heterocycles. The molecule has 2 rings (SSSR count). The second-order valence-corrected chi connectivity index (χ2v) is 5.02. The highest BCUT2D eigenvalue weighted by atomic mass is 16.7. The Balaban J connectivity index is 1.62. The first-order valence-corrected chi connectivity index (χ1v) is 7.11. The van der Waals surface area contributed by atoms with Crippen molar-refractivity contribution >= 4 is 0 Å². The number of hydrogen-bond acceptors (Lipinski definition) is 5. The number of benzene rings is 1. The van der Waals surface area contributed by atoms with Gasteiger partial charge in [-0.25, -0.2) is 0 Å². The lowest BCUT2D eigenvalue weighted by Crippen LogP contribution is -2.33. The Morgan fingerprint density at radius 2 is 2.05 bits per heavy atom. The van der Waals surface area contributed by atoms with Crippen LogP contribution in [0.5, 0.6) is 11.5 Å². The van der Waals surface area contributed by atoms with Crippen LogP contribution in [0.25, 0.3) is 0 Å². The molecule has 20 heavy (non-hydrogen) atoms. The summed E-state index contributed by atoms with van der Waals surface area (Å²) in [5.74, 6) is 1.42. The van der Waals surface area contributed by atoms with Crippen molar-refractivity contribution in [2.45, 2.75) is 37.9 Å². The average molecular weight is 281 g/mol. The van der Waals surface area contributed by atoms with Crippen molar-refractivity contribution in [3.8, 4) is 11.5 Å². The molecule has 5 heteroatoms. The molecular formula is C15H23NO4. The summed E-state index contributed by atoms with van der Waals surface area (Å²) >= 11 is 0. The second-order valence-electron chi connectivity index (χ2n) is 5.02. The van der Waals surface area contributed by atoms with Crippen LogP contribution >= 0.6 is 0 Å². The van der Waals surface area contributed by atoms with Gasteiger partial charge in [0.25, 0.3) is 0 Å². The molecule has 2 N–H and O–H groups in total. The smallest absolute Gasteiger partial charge is 0.123 e. The molecule has 1 fully saturated rings. The minimum absolute atomic E-state index is 0.216. The fourth-order valence-electron chi connectivity index (χ4n) is 2.21. The highest BCUT2D eigenvalue weighted by Crippen LogP contribution is 2.20. The Labute approximate surface area is 119 Å². The van der Waals surface area contributed by atoms with E-state index in [1.165, 1.54) is 12.8 Å². The third-order valence-electron chi connectivity index (χ3n) is 3.35. The monoisotopic (exact) mass is 281 g/mol. The van der Waals surface area contributed by atoms with E-state index in [1.54, 1.807) is 13.2 Å². The van der Waals surface area contributed by atoms with Gasteiger partial charge in [0.1, 0.15) is 24.2 Å². The van der Waals surface area contributed by atoms with Crippen LogP contribution < -0.4 is 15.0 Å². The molecule has 1 aromatic carbocycles. The lowest BCUT2D eigenvalue weighted by Gasteiger charge is -2.16. The topological polar surface area (TPSA) is 60.0 Å². The van der Waals surface area contributed by atoms with Gasteiger partial charge in [0.2, 0.25) is 0 Å². The number of aliphatic hydroxyl groups excluding tert-OH is 1. The maximum absolute atomic E-state index is 9.81. The molecule has 1 aliphatic rings. The van der Waals surface area contributed by atoms with Crippen molar-refractivity contribution in [2.75, 3.05) is 20.3 Å². The van der Waals surface area contributed by atoms with Gasteiger partial charge in [-0.2, -0.15) is 5.48 Å². The van der Waals surface area contributed by atoms with Crippen LogP contribution in [0.3, 0.4) is 0 Å². The fourth-order valence-corrected chi connectivity index (χ4v) is 2.21. The van der Waals surface area contributed by atoms with Crippen molar-refractivity contribution in [3.63, 3.8) is 0 Å². The van der Waals surface area contributed by atoms with E-state index in [1.807, 2.05) is 18.2 Å². The van der Waals surface area contributed by atoms with Gasteiger partial charge in [-0.1, -0.05) is 18.9 Å². The van der Waals surface area contributed by atoms with Crippen molar-refractivity contribution in [1.29, 1.82) is 0 Å². The van der Waals surface area contributed by atoms with Gasteiger partial charge in [-0.3, -0.25) is 4.84 Å². The SMILES string of the molecule is COc1cccc(OCC(O)CNOC2CCCC2)c1. The van der Waals surface area contributed by atoms with Crippen LogP contribution in [0.4, 0.5) is 0 Å². The molecule has 0 spiro atoms. The Bertz CT molecular complexity index is 393. The van der Waals surface area contributed by atoms with E-state index in [4.69, 9.17) is 14.3 Å². The average Bonchev–Trinajstić information content (AvgIpc) is 2.98. The molecular weight excluding hydrogens is 258 g/mol. The van der Waals surface area contributed by atoms with Crippen LogP contribution in [-0.2, 0) is 4.84 Å². The molecule has 1 atom stereocenters. The lowest BCUT2D eigenvalue weighted by molar-refractivity contribution is -0.0417. The number of rotatable bonds is 8. The van der Waals surface area contributed by atoms with E-state index in [0.29, 0.717) is 18.4 Å². The molecule has 0 bridgehead atoms. The van der Waals surface area contributed by atoms with E-state index in [-0.39, 0.29) is 6.61 Å². The van der Waals surface area contributed by atoms with Crippen LogP contribution in [-0.4, -0.2) is 37.6 Å². The van der Waals surface area contributed by atoms with Crippen molar-refractivity contribution < 1.29 is 19.4 Å². The first-order chi connectivity index (χ1) is 9.78. The highest BCUT2D eigenvalue weighted by molar-refractivity contribution is 5.32. The van der Waals surface area contributed by atoms with Gasteiger partial charge in [-0.15, -0.1) is 0 Å². The minimum Gasteiger partial charge on any atom is -0.497 e. The quantitative estimate of drug-likeness (QED) is 0.713. The standard InChI is InChI=1S/C15H23NO4/c1-18-14-7-4-8-15(9-14)19-11-12(17)10-16-20-13-5-2-3-6-13/h4,7-9,12-13,16-17H,2-3,5-6,10-11H2,1H3. The van der Waals surface area contributed by atoms with Crippen LogP contribution in [0.1, 0.15) is 25.7 Å². The van der Waals surface area contributed by atoms with E-state index in [2.05, 4.69) is 5.48 Å². The maximum Gasteiger partial charge on any atom is 0.123 e. The maximum atomic E-state index is 9.81. The molecule has 1 aliphatic carbocycles. The van der Waals surface area contributed by atoms with E-state index >= 15 is 0 Å². The molecule has 0 amide bonds. The summed E-state index contributed by atoms with van der Waals surface area (Å²) in [5.41, 5.74) is 2.83. The first-order valence-electron chi connectivity index (χ1n) is 7.11. The molecule has 1 aromatic rings. The Hall–Kier alpha value is -1.30. The number of nitrogens with one attached hydrogen (secondary N) is 1. The van der Waals surface area contributed by atoms with E-state index in [0.717, 1.165) is 18.6 Å². The molecule has 5 nitrogen and oxygen atoms in total. The Morgan fingerprint density at radius 1 is 1.30 bits per heavy atom. The van der Waals surface area contributed by atoms with Gasteiger partial charge in [0.05, 0.1) is 19.8 Å². The third kappa shape index (κ3) is 5.00. The predicted molar refractivity (Wildman–Crippen MR) is 75.8 cm³/mol. The first kappa shape index (κ1) is 15.1. The summed E-state index contributed by atoms with van der Waals surface area (Å²) in [7, 11) is 1.61. The van der Waals surface area contributed by atoms with Crippen LogP contribution in [0.2, 0.25) is 0 Å². The molecule has 1 unspecified atom stereocenters. The third-order valence-corrected chi connectivity index (χ3v) is 3.35. The summed E-state index contributed by atoms with van der Waals surface area (Å²) < 4.78 is 10.6. The number of ether oxygens (including phenoxy) is 2. The zero-order valence-corrected chi connectivity index (χ0v) is 11.9. The summed E-state index contributed by atoms with van der Waals surface area (Å²) in [6.45, 7) is 0.578. The summed E-state index contributed by atoms with van der Waals surface area (Å²) in [5, 5.41) is 9.81. The van der Waals surface area contributed by atoms with Gasteiger partial charge in [0.15, 0.2) is 0 Å². The Kier molecular flexibility index (Phi) is 6.11. The Morgan fingerprint density at radius 3 is 2.80 bits per heavy atom. The molecule has 1 saturated carbocycles. The molecule has 0 aliphatic heterocycles. The van der Waals surface area contributed by atoms with Gasteiger partial charge in [-0.05, 0) is 25.0 Å². The summed E-state index contributed by atoms with van der Waals surface area (Å²) in [4.78, 5) is 5.48. The number of aliphatic hydroxyl groups is 1. The zero-order valence-electron chi connectivity index (χ0n) is 11.9. The molecule has 0 heterocycles. The normalized spacial score (nSPS) is 17.1. The van der Waals surface area contributed by atoms with E-state index < -0.39 is 6.10 Å². The van der Waals surface area contributed by atoms with Crippen molar-refractivity contribution in [2.24, 2.45) is 0 Å². The zero-order chi connectivity index (χ0) is 14.2. The molecule has 112 valence electrons. The van der Waals surface area contributed by atoms with Gasteiger partial charge in [0, 0.05) is 6.07 Å². The van der Waals surface area contributed by atoms with Gasteiger partial charge >= 0.3 is 0 Å². The number of methoxy groups -OCH3 is 1. The fraction of sp³-hybridized carbons (Fsp3) is 0.600. The highest BCUT2D eigenvalue weighted by Gasteiger charge is 2.16. The summed E-state index contributed by atoms with van der Waals surface area (Å²) in [6.07, 6.45) is 4.35. The largest absolute Gasteiger partial charge is 0.497 e. The number of hydrogen-bond donors (Lipinski definition) is 2. The van der Waals surface area contributed by atoms with Crippen LogP contribution in [0, 0.1) is 0 Å². The lowest BCUT2D eigenvalue weighted by atomic mass is 10.3. The predicted octanol–water partition coefficient (Wildman–Crippen LogP) is 1.90. The van der Waals surface area contributed by atoms with E-state index in [9.17, 15) is 5.11 Å². The van der Waals surface area contributed by atoms with Gasteiger partial charge < -0.3 is 14.6 Å². The second kappa shape index (κ2) is 8.09. The summed E-state index contributed by atoms with van der Waals surface area (Å²) in [6, 6.07) is 7.31. The van der Waals surface area contributed by atoms with Crippen molar-refractivity contribution in [1.82, 2.24) is 5.48 Å². The molecule has 0 aromatic heterocycles. The molecule has 0 radical (unpaired) electrons. The van der Waals surface area contributed by atoms with Crippen molar-refractivity contribution in [3.05, 3.63) is 24.3 Å². The minimum atomic E-state index is -0.609. The van der Waals surface area contributed by atoms with Crippen LogP contribution in [0.15, 0.2) is 24.3 Å². The number of hydroxylamine groups is 1.